The van der Waals surface area contributed by atoms with Gasteiger partial charge in [-0.05, 0) is 161 Å². The molecule has 7 N–H and O–H groups in total. The Bertz CT molecular complexity index is 8340. The predicted molar refractivity (Wildman–Crippen MR) is 469 cm³/mol. The molecule has 0 bridgehead atoms. The van der Waals surface area contributed by atoms with Crippen LogP contribution in [0.3, 0.4) is 0 Å². The van der Waals surface area contributed by atoms with E-state index in [2.05, 4.69) is 0 Å². The summed E-state index contributed by atoms with van der Waals surface area (Å²) in [6.07, 6.45) is -18.5. The van der Waals surface area contributed by atoms with Crippen molar-refractivity contribution in [3.8, 4) is 80.5 Å². The van der Waals surface area contributed by atoms with Crippen LogP contribution in [-0.2, 0) is 0 Å². The summed E-state index contributed by atoms with van der Waals surface area (Å²) in [6.45, 7) is -21.7. The Hall–Kier alpha value is -10.4. The summed E-state index contributed by atoms with van der Waals surface area (Å²) >= 11 is 0. The first-order valence-corrected chi connectivity index (χ1v) is 34.1. The molecule has 0 fully saturated rings. The third kappa shape index (κ3) is 30.1. The fourth-order valence-electron chi connectivity index (χ4n) is 7.16. The summed E-state index contributed by atoms with van der Waals surface area (Å²) in [4.78, 5) is 0. The lowest BCUT2D eigenvalue weighted by molar-refractivity contribution is 0.106. The van der Waals surface area contributed by atoms with Crippen LogP contribution < -0.4 is 66.3 Å². The highest BCUT2D eigenvalue weighted by Gasteiger charge is 2.27. The second kappa shape index (κ2) is 41.6. The number of benzene rings is 7. The van der Waals surface area contributed by atoms with Crippen LogP contribution in [0.5, 0.6) is 80.5 Å². The fraction of sp³-hybridized carbons (Fsp3) is 0.429. The molecule has 0 spiro atoms. The smallest absolute Gasteiger partial charge is 0.231 e. The lowest BCUT2D eigenvalue weighted by Crippen LogP contribution is -2.23. The molecule has 0 saturated heterocycles. The zero-order valence-corrected chi connectivity index (χ0v) is 65.2. The van der Waals surface area contributed by atoms with Crippen molar-refractivity contribution in [1.29, 1.82) is 0 Å². The van der Waals surface area contributed by atoms with E-state index in [0.29, 0.717) is 20.8 Å². The van der Waals surface area contributed by atoms with Gasteiger partial charge >= 0.3 is 0 Å². The third-order valence-corrected chi connectivity index (χ3v) is 14.1. The number of fused-ring (bicyclic) bond motifs is 7. The Morgan fingerprint density at radius 3 is 0.622 bits per heavy atom. The Morgan fingerprint density at radius 1 is 0.252 bits per heavy atom. The largest absolute Gasteiger partial charge is 0.454 e. The normalized spacial score (nSPS) is 29.8. The minimum atomic E-state index is -3.72. The quantitative estimate of drug-likeness (QED) is 0.0533. The highest BCUT2D eigenvalue weighted by atomic mass is 16.7. The molecule has 7 aromatic rings. The Kier molecular flexibility index (Phi) is 12.6. The molecule has 14 rings (SSSR count). The van der Waals surface area contributed by atoms with Gasteiger partial charge in [0.2, 0.25) is 47.4 Å². The van der Waals surface area contributed by atoms with Gasteiger partial charge in [0, 0.05) is 32.9 Å². The van der Waals surface area contributed by atoms with E-state index in [-0.39, 0.29) is 83.8 Å². The lowest BCUT2D eigenvalue weighted by atomic mass is 9.89. The summed E-state index contributed by atoms with van der Waals surface area (Å²) < 4.78 is 621. The van der Waals surface area contributed by atoms with E-state index in [0.717, 1.165) is 6.92 Å². The maximum atomic E-state index is 10.6. The molecular formula is C98H126O21. The Balaban J connectivity index is 0.000000265. The van der Waals surface area contributed by atoms with Gasteiger partial charge in [-0.2, -0.15) is 0 Å². The molecule has 0 radical (unpaired) electrons. The van der Waals surface area contributed by atoms with Crippen molar-refractivity contribution in [2.45, 2.75) is 187 Å². The maximum Gasteiger partial charge on any atom is 0.231 e. The van der Waals surface area contributed by atoms with Gasteiger partial charge in [-0.3, -0.25) is 0 Å². The summed E-state index contributed by atoms with van der Waals surface area (Å²) in [5.41, 5.74) is -19.1. The molecule has 7 aliphatic rings. The van der Waals surface area contributed by atoms with E-state index in [1.807, 2.05) is 0 Å². The molecule has 7 aromatic carbocycles. The van der Waals surface area contributed by atoms with E-state index >= 15 is 0 Å². The van der Waals surface area contributed by atoms with Crippen LogP contribution in [0.15, 0.2) is 169 Å². The van der Waals surface area contributed by atoms with Gasteiger partial charge in [-0.1, -0.05) is 272 Å². The van der Waals surface area contributed by atoms with Crippen LogP contribution in [-0.4, -0.2) is 126 Å². The van der Waals surface area contributed by atoms with E-state index in [4.69, 9.17) is 164 Å². The van der Waals surface area contributed by atoms with Crippen molar-refractivity contribution in [2.75, 3.05) is 47.4 Å². The predicted octanol–water partition coefficient (Wildman–Crippen LogP) is 19.8. The second-order valence-corrected chi connectivity index (χ2v) is 28.2. The van der Waals surface area contributed by atoms with Crippen LogP contribution >= 0.6 is 0 Å². The molecule has 21 nitrogen and oxygen atoms in total. The molecule has 7 heterocycles. The SMILES string of the molecule is [2H]/C(=C(/[2H])C(O)C(C)(C([2H])([2H])[2H])C([2H])([2H])[2H])c1c([2H])c([2H])c2c(c1[2H])OC([2H])([2H])O2.[2H]/C(=C(/[2H])C(O)C(C)(C([2H])([2H])[2H])C([2H])([2H])[2H])c1c([2H])c([2H])c2c(c1[2H])OCO2.[2H]/C(=C(/[2H])C(O)C(C)(C)C)c1c([2H])c([2H])c2c(c1[2H])OC([2H])([2H])O2.[2H]/C(=C(/[2H])C([2H])(O)C(C)(C([2H])([2H])[2H])C([2H])([2H])[2H])c1c([2H])c([2H])c2c(c1[2H])OC([2H])([2H])O2.[2H]/C(=C(/[2H])C([2H])(O)C(C)(C([2H])([2H])[2H])C([2H])([2H])[2H])c1c([2H])c([2H])c2c(c1[2H])OCO2.[2H]/C(=C(/[2H])C([2H])(O)C(C)(C)C)c1c([2H])c([2H])c2c(c1[2H])OC([2H])([2H])O2.[2H]/C(=C(/[2H])C([2H])(O)C(C)(C)C)c1c([2H])c([2H])c2c(c1[2H])OCO2. The number of rotatable bonds is 14. The van der Waals surface area contributed by atoms with Crippen molar-refractivity contribution in [3.63, 3.8) is 0 Å². The zero-order chi connectivity index (χ0) is 149. The Labute approximate surface area is 803 Å². The molecule has 0 saturated carbocycles. The van der Waals surface area contributed by atoms with Crippen molar-refractivity contribution in [3.05, 3.63) is 208 Å². The number of hydrogen-bond donors (Lipinski definition) is 7. The van der Waals surface area contributed by atoms with Crippen molar-refractivity contribution < 1.29 is 199 Å². The minimum absolute atomic E-state index is 0.0416. The average Bonchev–Trinajstić information content (AvgIpc) is 1.55. The topological polar surface area (TPSA) is 271 Å². The Morgan fingerprint density at radius 2 is 0.420 bits per heavy atom. The van der Waals surface area contributed by atoms with Gasteiger partial charge in [-0.25, -0.2) is 0 Å². The van der Waals surface area contributed by atoms with Crippen LogP contribution in [0.2, 0.25) is 0 Å². The van der Waals surface area contributed by atoms with Crippen LogP contribution in [0.4, 0.5) is 0 Å². The highest BCUT2D eigenvalue weighted by Crippen LogP contribution is 2.40. The van der Waals surface area contributed by atoms with Crippen LogP contribution in [0.25, 0.3) is 42.4 Å². The molecule has 0 aliphatic carbocycles. The van der Waals surface area contributed by atoms with Crippen LogP contribution in [0.1, 0.15) is 281 Å². The van der Waals surface area contributed by atoms with Gasteiger partial charge in [0.15, 0.2) is 80.5 Å². The molecule has 21 heteroatoms. The summed E-state index contributed by atoms with van der Waals surface area (Å²) in [7, 11) is 0. The second-order valence-electron chi connectivity index (χ2n) is 28.2. The number of aliphatic hydroxyl groups excluding tert-OH is 3. The first kappa shape index (κ1) is 36.1. The van der Waals surface area contributed by atoms with E-state index < -0.39 is 430 Å². The summed E-state index contributed by atoms with van der Waals surface area (Å²) in [5.74, 6) is -5.14. The molecular weight excluding hydrogens is 1510 g/mol. The van der Waals surface area contributed by atoms with E-state index in [1.54, 1.807) is 41.5 Å². The fourth-order valence-corrected chi connectivity index (χ4v) is 7.16. The first-order chi connectivity index (χ1) is 84.7. The molecule has 7 unspecified atom stereocenters. The van der Waals surface area contributed by atoms with Crippen molar-refractivity contribution >= 4 is 42.4 Å². The minimum Gasteiger partial charge on any atom is -0.454 e. The van der Waals surface area contributed by atoms with Gasteiger partial charge in [-0.15, -0.1) is 0 Å². The monoisotopic (exact) mass is 1710 g/mol. The van der Waals surface area contributed by atoms with E-state index in [1.165, 1.54) is 20.8 Å². The molecule has 7 atom stereocenters. The zero-order valence-electron chi connectivity index (χ0n) is 136. The van der Waals surface area contributed by atoms with Crippen LogP contribution in [0, 0.1) is 37.9 Å². The van der Waals surface area contributed by atoms with Crippen molar-refractivity contribution in [2.24, 2.45) is 37.9 Å². The van der Waals surface area contributed by atoms with Gasteiger partial charge < -0.3 is 102 Å². The average molecular weight is 1710 g/mol. The van der Waals surface area contributed by atoms with Crippen molar-refractivity contribution in [1.82, 2.24) is 0 Å². The molecule has 0 aromatic heterocycles. The van der Waals surface area contributed by atoms with Gasteiger partial charge in [0.05, 0.1) is 96.1 Å². The number of hydrogen-bond acceptors (Lipinski definition) is 21. The van der Waals surface area contributed by atoms with Gasteiger partial charge in [0.25, 0.3) is 0 Å². The molecule has 644 valence electrons. The first-order valence-electron chi connectivity index (χ1n) is 69.6. The lowest BCUT2D eigenvalue weighted by Gasteiger charge is -2.22. The van der Waals surface area contributed by atoms with Gasteiger partial charge in [0.1, 0.15) is 11.0 Å². The number of aliphatic hydroxyl groups is 7. The number of ether oxygens (including phenoxy) is 14. The summed E-state index contributed by atoms with van der Waals surface area (Å²) in [5, 5.41) is 72.9. The molecule has 7 aliphatic heterocycles. The van der Waals surface area contributed by atoms with E-state index in [9.17, 15) is 35.7 Å². The molecule has 119 heavy (non-hydrogen) atoms. The highest BCUT2D eigenvalue weighted by molar-refractivity contribution is 5.63. The standard InChI is InChI=1S/7C14H18O3/c7*1-14(2,3)13(15)7-5-10-4-6-11-12(8-10)17-9-16-11/h7*4-8,13,15H,9H2,1-3H3/b7*7-5+/i1D3,2D3,4D,5D,6D,7D,8D,9D2,13D;1D3,2D3,4D,5D,6D,7D,8D,13D;1D3,2D3,4D,5D,6D,7D,8D,9D2;4D,5D,6D,7D,8D,9D2,13D;1D3,2D3,4D,5D,6D,7D,8D;4D,5D,6D,7D,8D,13D;4D,5D,6D,7D,8D,9D2. The maximum absolute atomic E-state index is 10.6. The summed E-state index contributed by atoms with van der Waals surface area (Å²) in [6, 6.07) is -27.3. The third-order valence-electron chi connectivity index (χ3n) is 14.1. The molecule has 0 amide bonds.